The summed E-state index contributed by atoms with van der Waals surface area (Å²) in [4.78, 5) is 25.8. The van der Waals surface area contributed by atoms with Crippen LogP contribution in [0.1, 0.15) is 19.3 Å². The standard InChI is InChI=1S/C17H20F2N4O4S/c1-22(2)16-12(18)7-10(8-13(16)19)20-17(25)14-3-4-15(24)23(21-14)11-5-6-28(26,27)9-11/h7-8,11H,3-6,9H2,1-2H3,(H,20,25)/t11-/m0/s1. The molecule has 2 heterocycles. The highest BCUT2D eigenvalue weighted by Crippen LogP contribution is 2.26. The number of halogens is 2. The fraction of sp³-hybridized carbons (Fsp3) is 0.471. The van der Waals surface area contributed by atoms with Gasteiger partial charge in [0, 0.05) is 32.6 Å². The van der Waals surface area contributed by atoms with Gasteiger partial charge >= 0.3 is 0 Å². The molecule has 8 nitrogen and oxygen atoms in total. The summed E-state index contributed by atoms with van der Waals surface area (Å²) in [6.45, 7) is 0. The zero-order valence-corrected chi connectivity index (χ0v) is 16.2. The van der Waals surface area contributed by atoms with Crippen molar-refractivity contribution >= 4 is 38.7 Å². The number of nitrogens with zero attached hydrogens (tertiary/aromatic N) is 3. The van der Waals surface area contributed by atoms with Crippen LogP contribution in [0.2, 0.25) is 0 Å². The molecule has 0 saturated carbocycles. The van der Waals surface area contributed by atoms with Crippen LogP contribution >= 0.6 is 0 Å². The number of hydrogen-bond donors (Lipinski definition) is 1. The van der Waals surface area contributed by atoms with Crippen LogP contribution in [0.15, 0.2) is 17.2 Å². The summed E-state index contributed by atoms with van der Waals surface area (Å²) in [6, 6.07) is 1.38. The minimum absolute atomic E-state index is 0.00130. The van der Waals surface area contributed by atoms with Gasteiger partial charge in [-0.2, -0.15) is 5.10 Å². The topological polar surface area (TPSA) is 99.2 Å². The van der Waals surface area contributed by atoms with Gasteiger partial charge < -0.3 is 10.2 Å². The Labute approximate surface area is 161 Å². The number of amides is 2. The van der Waals surface area contributed by atoms with E-state index in [4.69, 9.17) is 0 Å². The third-order valence-electron chi connectivity index (χ3n) is 4.60. The Morgan fingerprint density at radius 3 is 2.43 bits per heavy atom. The molecule has 0 aromatic heterocycles. The van der Waals surface area contributed by atoms with Crippen LogP contribution in [-0.2, 0) is 19.4 Å². The summed E-state index contributed by atoms with van der Waals surface area (Å²) in [5, 5.41) is 7.46. The third kappa shape index (κ3) is 4.13. The fourth-order valence-electron chi connectivity index (χ4n) is 3.26. The van der Waals surface area contributed by atoms with Crippen molar-refractivity contribution in [3.63, 3.8) is 0 Å². The molecular weight excluding hydrogens is 394 g/mol. The highest BCUT2D eigenvalue weighted by molar-refractivity contribution is 7.91. The van der Waals surface area contributed by atoms with E-state index in [1.54, 1.807) is 0 Å². The summed E-state index contributed by atoms with van der Waals surface area (Å²) in [5.41, 5.74) is -0.311. The Morgan fingerprint density at radius 1 is 1.25 bits per heavy atom. The predicted octanol–water partition coefficient (Wildman–Crippen LogP) is 1.13. The highest BCUT2D eigenvalue weighted by atomic mass is 32.2. The number of anilines is 2. The maximum absolute atomic E-state index is 14.1. The number of carbonyl (C=O) groups excluding carboxylic acids is 2. The molecule has 28 heavy (non-hydrogen) atoms. The minimum atomic E-state index is -3.23. The summed E-state index contributed by atoms with van der Waals surface area (Å²) < 4.78 is 51.4. The number of sulfone groups is 1. The molecule has 0 aliphatic carbocycles. The van der Waals surface area contributed by atoms with E-state index in [-0.39, 0.29) is 53.8 Å². The molecule has 152 valence electrons. The molecular formula is C17H20F2N4O4S. The Morgan fingerprint density at radius 2 is 1.89 bits per heavy atom. The zero-order valence-electron chi connectivity index (χ0n) is 15.4. The molecule has 2 aliphatic heterocycles. The second-order valence-electron chi connectivity index (χ2n) is 6.98. The molecule has 3 rings (SSSR count). The summed E-state index contributed by atoms with van der Waals surface area (Å²) in [6.07, 6.45) is 0.321. The van der Waals surface area contributed by atoms with Gasteiger partial charge in [-0.15, -0.1) is 0 Å². The van der Waals surface area contributed by atoms with Crippen LogP contribution in [0.4, 0.5) is 20.2 Å². The van der Waals surface area contributed by atoms with Crippen molar-refractivity contribution in [2.45, 2.75) is 25.3 Å². The normalized spacial score (nSPS) is 21.4. The molecule has 11 heteroatoms. The van der Waals surface area contributed by atoms with Crippen molar-refractivity contribution in [1.29, 1.82) is 0 Å². The maximum Gasteiger partial charge on any atom is 0.271 e. The van der Waals surface area contributed by atoms with Crippen molar-refractivity contribution in [3.8, 4) is 0 Å². The van der Waals surface area contributed by atoms with Crippen LogP contribution in [-0.4, -0.2) is 62.6 Å². The molecule has 0 spiro atoms. The molecule has 1 saturated heterocycles. The number of nitrogens with one attached hydrogen (secondary N) is 1. The molecule has 2 aliphatic rings. The lowest BCUT2D eigenvalue weighted by Crippen LogP contribution is -2.42. The smallest absolute Gasteiger partial charge is 0.271 e. The van der Waals surface area contributed by atoms with E-state index < -0.39 is 33.4 Å². The van der Waals surface area contributed by atoms with Gasteiger partial charge in [-0.3, -0.25) is 9.59 Å². The second kappa shape index (κ2) is 7.46. The Kier molecular flexibility index (Phi) is 5.37. The average molecular weight is 414 g/mol. The molecule has 1 N–H and O–H groups in total. The number of hydrogen-bond acceptors (Lipinski definition) is 6. The predicted molar refractivity (Wildman–Crippen MR) is 99.9 cm³/mol. The summed E-state index contributed by atoms with van der Waals surface area (Å²) in [5.74, 6) is -2.95. The monoisotopic (exact) mass is 414 g/mol. The van der Waals surface area contributed by atoms with Crippen molar-refractivity contribution in [1.82, 2.24) is 5.01 Å². The van der Waals surface area contributed by atoms with Gasteiger partial charge in [0.2, 0.25) is 5.91 Å². The van der Waals surface area contributed by atoms with Crippen molar-refractivity contribution in [2.75, 3.05) is 35.8 Å². The lowest BCUT2D eigenvalue weighted by Gasteiger charge is -2.27. The van der Waals surface area contributed by atoms with Gasteiger partial charge in [-0.25, -0.2) is 22.2 Å². The highest BCUT2D eigenvalue weighted by Gasteiger charge is 2.37. The van der Waals surface area contributed by atoms with Gasteiger partial charge in [0.1, 0.15) is 11.4 Å². The van der Waals surface area contributed by atoms with Crippen LogP contribution in [0, 0.1) is 11.6 Å². The fourth-order valence-corrected chi connectivity index (χ4v) is 4.95. The zero-order chi connectivity index (χ0) is 20.6. The summed E-state index contributed by atoms with van der Waals surface area (Å²) in [7, 11) is -0.243. The first-order valence-corrected chi connectivity index (χ1v) is 10.5. The van der Waals surface area contributed by atoms with Crippen molar-refractivity contribution < 1.29 is 26.8 Å². The molecule has 0 bridgehead atoms. The largest absolute Gasteiger partial charge is 0.373 e. The van der Waals surface area contributed by atoms with Crippen LogP contribution in [0.5, 0.6) is 0 Å². The maximum atomic E-state index is 14.1. The lowest BCUT2D eigenvalue weighted by atomic mass is 10.1. The first-order chi connectivity index (χ1) is 13.1. The Bertz CT molecular complexity index is 939. The van der Waals surface area contributed by atoms with E-state index in [1.807, 2.05) is 0 Å². The van der Waals surface area contributed by atoms with Crippen molar-refractivity contribution in [3.05, 3.63) is 23.8 Å². The molecule has 1 fully saturated rings. The molecule has 1 aromatic rings. The first kappa shape index (κ1) is 20.2. The van der Waals surface area contributed by atoms with Crippen LogP contribution < -0.4 is 10.2 Å². The minimum Gasteiger partial charge on any atom is -0.373 e. The number of benzene rings is 1. The molecule has 2 amide bonds. The SMILES string of the molecule is CN(C)c1c(F)cc(NC(=O)C2=NN([C@H]3CCS(=O)(=O)C3)C(=O)CC2)cc1F. The quantitative estimate of drug-likeness (QED) is 0.797. The van der Waals surface area contributed by atoms with Gasteiger partial charge in [0.15, 0.2) is 21.5 Å². The first-order valence-electron chi connectivity index (χ1n) is 8.65. The van der Waals surface area contributed by atoms with Crippen LogP contribution in [0.3, 0.4) is 0 Å². The average Bonchev–Trinajstić information content (AvgIpc) is 2.93. The molecule has 1 aromatic carbocycles. The van der Waals surface area contributed by atoms with E-state index >= 15 is 0 Å². The molecule has 0 unspecified atom stereocenters. The van der Waals surface area contributed by atoms with Crippen molar-refractivity contribution in [2.24, 2.45) is 5.10 Å². The third-order valence-corrected chi connectivity index (χ3v) is 6.35. The van der Waals surface area contributed by atoms with E-state index in [9.17, 15) is 26.8 Å². The lowest BCUT2D eigenvalue weighted by molar-refractivity contribution is -0.133. The van der Waals surface area contributed by atoms with E-state index in [0.29, 0.717) is 0 Å². The molecule has 0 radical (unpaired) electrons. The van der Waals surface area contributed by atoms with Gasteiger partial charge in [-0.1, -0.05) is 0 Å². The number of rotatable bonds is 4. The number of carbonyl (C=O) groups is 2. The van der Waals surface area contributed by atoms with E-state index in [0.717, 1.165) is 17.1 Å². The van der Waals surface area contributed by atoms with E-state index in [1.165, 1.54) is 19.0 Å². The molecule has 1 atom stereocenters. The summed E-state index contributed by atoms with van der Waals surface area (Å²) >= 11 is 0. The van der Waals surface area contributed by atoms with Gasteiger partial charge in [0.25, 0.3) is 5.91 Å². The Hall–Kier alpha value is -2.56. The van der Waals surface area contributed by atoms with Gasteiger partial charge in [0.05, 0.1) is 17.5 Å². The van der Waals surface area contributed by atoms with Crippen LogP contribution in [0.25, 0.3) is 0 Å². The number of hydrazone groups is 1. The van der Waals surface area contributed by atoms with Gasteiger partial charge in [-0.05, 0) is 18.6 Å². The second-order valence-corrected chi connectivity index (χ2v) is 9.21. The Balaban J connectivity index is 1.79. The van der Waals surface area contributed by atoms with E-state index in [2.05, 4.69) is 10.4 Å².